The predicted molar refractivity (Wildman–Crippen MR) is 108 cm³/mol. The van der Waals surface area contributed by atoms with Crippen molar-refractivity contribution in [3.63, 3.8) is 0 Å². The van der Waals surface area contributed by atoms with E-state index in [2.05, 4.69) is 29.4 Å². The lowest BCUT2D eigenvalue weighted by Gasteiger charge is -2.08. The summed E-state index contributed by atoms with van der Waals surface area (Å²) in [5, 5.41) is 3.66. The molecule has 2 rings (SSSR count). The van der Waals surface area contributed by atoms with Gasteiger partial charge in [-0.25, -0.2) is 4.99 Å². The summed E-state index contributed by atoms with van der Waals surface area (Å²) in [6.45, 7) is 2.99. The Balaban J connectivity index is 0.00000264. The fraction of sp³-hybridized carbons (Fsp3) is 0.235. The van der Waals surface area contributed by atoms with E-state index < -0.39 is 0 Å². The number of nitrogens with zero attached hydrogens (tertiary/aromatic N) is 1. The lowest BCUT2D eigenvalue weighted by Crippen LogP contribution is -2.23. The normalized spacial score (nSPS) is 10.8. The molecule has 0 saturated heterocycles. The Morgan fingerprint density at radius 3 is 2.74 bits per heavy atom. The maximum absolute atomic E-state index is 6.00. The number of aliphatic imine (C=N–C) groups is 1. The largest absolute Gasteiger partial charge is 0.490 e. The number of rotatable bonds is 6. The number of hydrogen-bond donors (Lipinski definition) is 2. The molecule has 4 nitrogen and oxygen atoms in total. The van der Waals surface area contributed by atoms with Crippen LogP contribution in [0.15, 0.2) is 53.5 Å². The van der Waals surface area contributed by atoms with E-state index in [1.165, 1.54) is 5.56 Å². The van der Waals surface area contributed by atoms with Gasteiger partial charge in [-0.05, 0) is 36.2 Å². The van der Waals surface area contributed by atoms with Gasteiger partial charge in [-0.1, -0.05) is 42.8 Å². The Kier molecular flexibility index (Phi) is 8.79. The van der Waals surface area contributed by atoms with Crippen LogP contribution in [0.25, 0.3) is 0 Å². The van der Waals surface area contributed by atoms with Crippen molar-refractivity contribution in [1.82, 2.24) is 0 Å². The molecule has 0 fully saturated rings. The second-order valence-electron chi connectivity index (χ2n) is 4.72. The van der Waals surface area contributed by atoms with Crippen molar-refractivity contribution < 1.29 is 4.74 Å². The molecule has 0 spiro atoms. The molecular weight excluding hydrogens is 425 g/mol. The molecule has 6 heteroatoms. The van der Waals surface area contributed by atoms with Crippen LogP contribution < -0.4 is 15.8 Å². The van der Waals surface area contributed by atoms with Gasteiger partial charge in [0.15, 0.2) is 5.96 Å². The summed E-state index contributed by atoms with van der Waals surface area (Å²) < 4.78 is 5.55. The van der Waals surface area contributed by atoms with E-state index in [0.29, 0.717) is 29.9 Å². The summed E-state index contributed by atoms with van der Waals surface area (Å²) in [6.07, 6.45) is 0.984. The van der Waals surface area contributed by atoms with Crippen molar-refractivity contribution in [2.24, 2.45) is 10.7 Å². The molecule has 0 aromatic heterocycles. The molecule has 0 amide bonds. The Morgan fingerprint density at radius 2 is 2.00 bits per heavy atom. The quantitative estimate of drug-likeness (QED) is 0.301. The number of aryl methyl sites for hydroxylation is 1. The van der Waals surface area contributed by atoms with Crippen LogP contribution in [0.4, 0.5) is 5.69 Å². The highest BCUT2D eigenvalue weighted by Crippen LogP contribution is 2.22. The molecule has 0 atom stereocenters. The van der Waals surface area contributed by atoms with E-state index >= 15 is 0 Å². The molecule has 23 heavy (non-hydrogen) atoms. The molecule has 2 aromatic rings. The summed E-state index contributed by atoms with van der Waals surface area (Å²) in [4.78, 5) is 4.23. The van der Waals surface area contributed by atoms with Gasteiger partial charge in [0, 0.05) is 5.69 Å². The number of anilines is 1. The van der Waals surface area contributed by atoms with Crippen LogP contribution in [-0.4, -0.2) is 19.1 Å². The second-order valence-corrected chi connectivity index (χ2v) is 5.13. The lowest BCUT2D eigenvalue weighted by molar-refractivity contribution is 0.329. The number of nitrogens with two attached hydrogens (primary N) is 1. The van der Waals surface area contributed by atoms with Crippen molar-refractivity contribution >= 4 is 47.2 Å². The zero-order chi connectivity index (χ0) is 15.8. The Labute approximate surface area is 159 Å². The lowest BCUT2D eigenvalue weighted by atomic mass is 10.1. The fourth-order valence-corrected chi connectivity index (χ4v) is 2.13. The molecular formula is C17H21ClIN3O. The molecule has 3 N–H and O–H groups in total. The highest BCUT2D eigenvalue weighted by molar-refractivity contribution is 14.0. The molecule has 0 aliphatic rings. The average Bonchev–Trinajstić information content (AvgIpc) is 2.53. The Bertz CT molecular complexity index is 649. The number of ether oxygens (including phenoxy) is 1. The molecule has 0 aliphatic carbocycles. The highest BCUT2D eigenvalue weighted by Gasteiger charge is 1.99. The zero-order valence-corrected chi connectivity index (χ0v) is 16.0. The van der Waals surface area contributed by atoms with Gasteiger partial charge in [0.1, 0.15) is 12.4 Å². The van der Waals surface area contributed by atoms with Gasteiger partial charge in [0.05, 0.1) is 11.6 Å². The summed E-state index contributed by atoms with van der Waals surface area (Å²) >= 11 is 6.00. The summed E-state index contributed by atoms with van der Waals surface area (Å²) in [6, 6.07) is 15.4. The minimum Gasteiger partial charge on any atom is -0.490 e. The highest BCUT2D eigenvalue weighted by atomic mass is 127. The third-order valence-electron chi connectivity index (χ3n) is 3.08. The van der Waals surface area contributed by atoms with E-state index in [9.17, 15) is 0 Å². The predicted octanol–water partition coefficient (Wildman–Crippen LogP) is 4.33. The average molecular weight is 446 g/mol. The second kappa shape index (κ2) is 10.3. The molecule has 0 bridgehead atoms. The minimum absolute atomic E-state index is 0. The summed E-state index contributed by atoms with van der Waals surface area (Å²) in [5.74, 6) is 1.03. The number of nitrogens with one attached hydrogen (secondary N) is 1. The van der Waals surface area contributed by atoms with Crippen molar-refractivity contribution in [2.75, 3.05) is 18.5 Å². The first-order valence-electron chi connectivity index (χ1n) is 7.22. The van der Waals surface area contributed by atoms with E-state index in [0.717, 1.165) is 12.1 Å². The van der Waals surface area contributed by atoms with Crippen LogP contribution >= 0.6 is 35.6 Å². The van der Waals surface area contributed by atoms with Crippen LogP contribution in [-0.2, 0) is 6.42 Å². The molecule has 0 saturated carbocycles. The van der Waals surface area contributed by atoms with Crippen LogP contribution in [0.1, 0.15) is 12.5 Å². The number of guanidine groups is 1. The van der Waals surface area contributed by atoms with Crippen molar-refractivity contribution in [3.05, 3.63) is 59.1 Å². The standard InChI is InChI=1S/C17H20ClN3O.HI/c1-2-13-6-5-7-14(12-13)21-17(19)20-10-11-22-16-9-4-3-8-15(16)18;/h3-9,12H,2,10-11H2,1H3,(H3,19,20,21);1H. The van der Waals surface area contributed by atoms with Crippen LogP contribution in [0.5, 0.6) is 5.75 Å². The van der Waals surface area contributed by atoms with Gasteiger partial charge in [-0.3, -0.25) is 0 Å². The third kappa shape index (κ3) is 6.66. The van der Waals surface area contributed by atoms with Gasteiger partial charge in [0.25, 0.3) is 0 Å². The Hall–Kier alpha value is -1.47. The number of hydrogen-bond acceptors (Lipinski definition) is 2. The number of benzene rings is 2. The molecule has 2 aromatic carbocycles. The van der Waals surface area contributed by atoms with Crippen molar-refractivity contribution in [1.29, 1.82) is 0 Å². The van der Waals surface area contributed by atoms with Gasteiger partial charge in [-0.15, -0.1) is 24.0 Å². The molecule has 0 unspecified atom stereocenters. The maximum atomic E-state index is 6.00. The Morgan fingerprint density at radius 1 is 1.22 bits per heavy atom. The smallest absolute Gasteiger partial charge is 0.193 e. The van der Waals surface area contributed by atoms with Crippen LogP contribution in [0.3, 0.4) is 0 Å². The van der Waals surface area contributed by atoms with E-state index in [-0.39, 0.29) is 24.0 Å². The summed E-state index contributed by atoms with van der Waals surface area (Å²) in [7, 11) is 0. The van der Waals surface area contributed by atoms with Crippen molar-refractivity contribution in [2.45, 2.75) is 13.3 Å². The SMILES string of the molecule is CCc1cccc(NC(N)=NCCOc2ccccc2Cl)c1.I. The minimum atomic E-state index is 0. The van der Waals surface area contributed by atoms with Gasteiger partial charge in [0.2, 0.25) is 0 Å². The molecule has 124 valence electrons. The molecule has 0 radical (unpaired) electrons. The monoisotopic (exact) mass is 445 g/mol. The molecule has 0 heterocycles. The third-order valence-corrected chi connectivity index (χ3v) is 3.39. The van der Waals surface area contributed by atoms with E-state index in [4.69, 9.17) is 22.1 Å². The number of para-hydroxylation sites is 1. The number of halogens is 2. The van der Waals surface area contributed by atoms with Gasteiger partial charge >= 0.3 is 0 Å². The first-order valence-corrected chi connectivity index (χ1v) is 7.60. The first kappa shape index (κ1) is 19.6. The zero-order valence-electron chi connectivity index (χ0n) is 13.0. The van der Waals surface area contributed by atoms with E-state index in [1.807, 2.05) is 30.3 Å². The van der Waals surface area contributed by atoms with Crippen LogP contribution in [0, 0.1) is 0 Å². The van der Waals surface area contributed by atoms with Crippen molar-refractivity contribution in [3.8, 4) is 5.75 Å². The fourth-order valence-electron chi connectivity index (χ4n) is 1.94. The summed E-state index contributed by atoms with van der Waals surface area (Å²) in [5.41, 5.74) is 8.05. The van der Waals surface area contributed by atoms with Gasteiger partial charge < -0.3 is 15.8 Å². The first-order chi connectivity index (χ1) is 10.7. The van der Waals surface area contributed by atoms with E-state index in [1.54, 1.807) is 6.07 Å². The van der Waals surface area contributed by atoms with Gasteiger partial charge in [-0.2, -0.15) is 0 Å². The molecule has 0 aliphatic heterocycles. The van der Waals surface area contributed by atoms with Crippen LogP contribution in [0.2, 0.25) is 5.02 Å². The topological polar surface area (TPSA) is 59.6 Å². The maximum Gasteiger partial charge on any atom is 0.193 e.